The Balaban J connectivity index is 1.99. The number of hydrogen-bond acceptors (Lipinski definition) is 5. The normalized spacial score (nSPS) is 10.9. The first kappa shape index (κ1) is 22.7. The number of carbonyl (C=O) groups is 3. The van der Waals surface area contributed by atoms with Crippen LogP contribution in [0.25, 0.3) is 0 Å². The lowest BCUT2D eigenvalue weighted by atomic mass is 10.1. The van der Waals surface area contributed by atoms with Gasteiger partial charge in [0.2, 0.25) is 0 Å². The molecule has 0 heterocycles. The van der Waals surface area contributed by atoms with E-state index in [9.17, 15) is 14.4 Å². The number of ether oxygens (including phenoxy) is 2. The van der Waals surface area contributed by atoms with E-state index in [-0.39, 0.29) is 12.8 Å². The van der Waals surface area contributed by atoms with Gasteiger partial charge in [0.05, 0.1) is 6.42 Å². The van der Waals surface area contributed by atoms with Crippen molar-refractivity contribution in [1.29, 1.82) is 0 Å². The first-order valence-corrected chi connectivity index (χ1v) is 9.50. The summed E-state index contributed by atoms with van der Waals surface area (Å²) in [6.45, 7) is 6.05. The minimum Gasteiger partial charge on any atom is -0.444 e. The number of rotatable bonds is 10. The lowest BCUT2D eigenvalue weighted by Gasteiger charge is -2.19. The van der Waals surface area contributed by atoms with Crippen LogP contribution in [0.15, 0.2) is 30.3 Å². The minimum atomic E-state index is -0.514. The Morgan fingerprint density at radius 2 is 1.52 bits per heavy atom. The summed E-state index contributed by atoms with van der Waals surface area (Å²) in [4.78, 5) is 34.8. The van der Waals surface area contributed by atoms with Crippen LogP contribution in [0.3, 0.4) is 0 Å². The van der Waals surface area contributed by atoms with Crippen LogP contribution < -0.4 is 5.32 Å². The molecule has 0 aromatic heterocycles. The molecule has 0 radical (unpaired) electrons. The molecule has 27 heavy (non-hydrogen) atoms. The average Bonchev–Trinajstić information content (AvgIpc) is 2.56. The molecule has 1 aromatic rings. The smallest absolute Gasteiger partial charge is 0.407 e. The summed E-state index contributed by atoms with van der Waals surface area (Å²) in [5.41, 5.74) is 0.344. The van der Waals surface area contributed by atoms with Crippen molar-refractivity contribution in [3.05, 3.63) is 35.9 Å². The van der Waals surface area contributed by atoms with E-state index in [1.54, 1.807) is 0 Å². The zero-order valence-electron chi connectivity index (χ0n) is 16.6. The van der Waals surface area contributed by atoms with Crippen molar-refractivity contribution in [3.63, 3.8) is 0 Å². The number of alkyl carbamates (subject to hydrolysis) is 1. The molecule has 0 saturated heterocycles. The van der Waals surface area contributed by atoms with Gasteiger partial charge in [0.25, 0.3) is 0 Å². The van der Waals surface area contributed by atoms with E-state index in [1.165, 1.54) is 0 Å². The molecule has 1 rings (SSSR count). The Morgan fingerprint density at radius 3 is 2.19 bits per heavy atom. The van der Waals surface area contributed by atoms with Gasteiger partial charge in [0, 0.05) is 13.0 Å². The van der Waals surface area contributed by atoms with Crippen LogP contribution >= 0.6 is 0 Å². The van der Waals surface area contributed by atoms with Gasteiger partial charge < -0.3 is 14.8 Å². The van der Waals surface area contributed by atoms with Crippen LogP contribution in [-0.2, 0) is 25.5 Å². The number of amides is 1. The first-order chi connectivity index (χ1) is 12.8. The molecule has 1 amide bonds. The van der Waals surface area contributed by atoms with Gasteiger partial charge in [-0.15, -0.1) is 0 Å². The highest BCUT2D eigenvalue weighted by atomic mass is 16.6. The Morgan fingerprint density at radius 1 is 0.889 bits per heavy atom. The molecule has 0 bridgehead atoms. The zero-order valence-corrected chi connectivity index (χ0v) is 16.6. The highest BCUT2D eigenvalue weighted by Gasteiger charge is 2.15. The van der Waals surface area contributed by atoms with E-state index in [0.29, 0.717) is 13.0 Å². The van der Waals surface area contributed by atoms with Gasteiger partial charge in [-0.05, 0) is 39.2 Å². The molecular weight excluding hydrogens is 346 g/mol. The molecule has 0 aliphatic carbocycles. The summed E-state index contributed by atoms with van der Waals surface area (Å²) in [5, 5.41) is 2.72. The van der Waals surface area contributed by atoms with E-state index in [1.807, 2.05) is 51.1 Å². The second-order valence-corrected chi connectivity index (χ2v) is 7.45. The van der Waals surface area contributed by atoms with Crippen molar-refractivity contribution in [3.8, 4) is 0 Å². The first-order valence-electron chi connectivity index (χ1n) is 9.50. The van der Waals surface area contributed by atoms with Crippen molar-refractivity contribution in [1.82, 2.24) is 5.32 Å². The highest BCUT2D eigenvalue weighted by Crippen LogP contribution is 2.08. The van der Waals surface area contributed by atoms with Crippen LogP contribution in [0.5, 0.6) is 0 Å². The molecule has 0 aliphatic heterocycles. The van der Waals surface area contributed by atoms with E-state index in [0.717, 1.165) is 31.2 Å². The monoisotopic (exact) mass is 377 g/mol. The maximum absolute atomic E-state index is 11.7. The topological polar surface area (TPSA) is 81.7 Å². The summed E-state index contributed by atoms with van der Waals surface area (Å²) in [6, 6.07) is 9.20. The summed E-state index contributed by atoms with van der Waals surface area (Å²) >= 11 is 0. The largest absolute Gasteiger partial charge is 0.444 e. The molecule has 0 atom stereocenters. The number of hydrogen-bond donors (Lipinski definition) is 1. The molecule has 1 N–H and O–H groups in total. The number of benzene rings is 1. The van der Waals surface area contributed by atoms with Crippen LogP contribution in [0.4, 0.5) is 4.79 Å². The van der Waals surface area contributed by atoms with E-state index in [2.05, 4.69) is 5.32 Å². The van der Waals surface area contributed by atoms with Gasteiger partial charge in [0.15, 0.2) is 0 Å². The summed E-state index contributed by atoms with van der Waals surface area (Å²) in [6.07, 6.45) is 4.31. The number of unbranched alkanes of at least 4 members (excludes halogenated alkanes) is 4. The fourth-order valence-electron chi connectivity index (χ4n) is 2.41. The Kier molecular flexibility index (Phi) is 10.2. The second-order valence-electron chi connectivity index (χ2n) is 7.45. The highest BCUT2D eigenvalue weighted by molar-refractivity contribution is 5.86. The molecule has 0 saturated carbocycles. The molecule has 150 valence electrons. The fourth-order valence-corrected chi connectivity index (χ4v) is 2.41. The summed E-state index contributed by atoms with van der Waals surface area (Å²) in [5.74, 6) is -0.984. The van der Waals surface area contributed by atoms with Crippen molar-refractivity contribution >= 4 is 18.0 Å². The molecule has 0 spiro atoms. The zero-order chi connectivity index (χ0) is 20.1. The van der Waals surface area contributed by atoms with Crippen molar-refractivity contribution in [2.45, 2.75) is 71.3 Å². The number of carbonyl (C=O) groups excluding carboxylic acids is 3. The Bertz CT molecular complexity index is 592. The van der Waals surface area contributed by atoms with Gasteiger partial charge in [0.1, 0.15) is 5.60 Å². The van der Waals surface area contributed by atoms with Crippen LogP contribution in [-0.4, -0.2) is 30.2 Å². The van der Waals surface area contributed by atoms with Crippen molar-refractivity contribution < 1.29 is 23.9 Å². The third-order valence-corrected chi connectivity index (χ3v) is 3.64. The molecule has 0 fully saturated rings. The van der Waals surface area contributed by atoms with Gasteiger partial charge in [-0.2, -0.15) is 0 Å². The number of esters is 2. The quantitative estimate of drug-likeness (QED) is 0.376. The van der Waals surface area contributed by atoms with E-state index >= 15 is 0 Å². The maximum atomic E-state index is 11.7. The van der Waals surface area contributed by atoms with E-state index < -0.39 is 23.6 Å². The maximum Gasteiger partial charge on any atom is 0.407 e. The molecule has 6 nitrogen and oxygen atoms in total. The Hall–Kier alpha value is -2.37. The predicted molar refractivity (Wildman–Crippen MR) is 103 cm³/mol. The molecule has 1 aromatic carbocycles. The van der Waals surface area contributed by atoms with Crippen LogP contribution in [0.2, 0.25) is 0 Å². The SMILES string of the molecule is CC(C)(C)OC(=O)NCCCCCCCC(=O)OC(=O)Cc1ccccc1. The van der Waals surface area contributed by atoms with Gasteiger partial charge in [-0.1, -0.05) is 49.6 Å². The molecule has 6 heteroatoms. The second kappa shape index (κ2) is 12.1. The van der Waals surface area contributed by atoms with Gasteiger partial charge in [-0.25, -0.2) is 4.79 Å². The molecule has 0 aliphatic rings. The standard InChI is InChI=1S/C21H31NO5/c1-21(2,3)27-20(25)22-15-11-6-4-5-10-14-18(23)26-19(24)16-17-12-8-7-9-13-17/h7-9,12-13H,4-6,10-11,14-16H2,1-3H3,(H,22,25). The molecule has 0 unspecified atom stereocenters. The van der Waals surface area contributed by atoms with Gasteiger partial charge in [-0.3, -0.25) is 9.59 Å². The predicted octanol–water partition coefficient (Wildman–Crippen LogP) is 4.16. The van der Waals surface area contributed by atoms with Crippen LogP contribution in [0.1, 0.15) is 64.9 Å². The number of nitrogens with one attached hydrogen (secondary N) is 1. The third kappa shape index (κ3) is 12.6. The summed E-state index contributed by atoms with van der Waals surface area (Å²) < 4.78 is 9.98. The molecular formula is C21H31NO5. The lowest BCUT2D eigenvalue weighted by molar-refractivity contribution is -0.159. The van der Waals surface area contributed by atoms with Gasteiger partial charge >= 0.3 is 18.0 Å². The fraction of sp³-hybridized carbons (Fsp3) is 0.571. The summed E-state index contributed by atoms with van der Waals surface area (Å²) in [7, 11) is 0. The van der Waals surface area contributed by atoms with E-state index in [4.69, 9.17) is 9.47 Å². The lowest BCUT2D eigenvalue weighted by Crippen LogP contribution is -2.32. The third-order valence-electron chi connectivity index (χ3n) is 3.64. The average molecular weight is 377 g/mol. The van der Waals surface area contributed by atoms with Crippen molar-refractivity contribution in [2.75, 3.05) is 6.54 Å². The van der Waals surface area contributed by atoms with Crippen LogP contribution in [0, 0.1) is 0 Å². The minimum absolute atomic E-state index is 0.108. The Labute approximate surface area is 161 Å². The van der Waals surface area contributed by atoms with Crippen molar-refractivity contribution in [2.24, 2.45) is 0 Å².